The van der Waals surface area contributed by atoms with E-state index in [-0.39, 0.29) is 11.9 Å². The van der Waals surface area contributed by atoms with Gasteiger partial charge in [0, 0.05) is 29.6 Å². The molecule has 1 N–H and O–H groups in total. The molecule has 0 saturated heterocycles. The van der Waals surface area contributed by atoms with Crippen molar-refractivity contribution in [1.29, 1.82) is 0 Å². The number of nitrogens with zero attached hydrogens (tertiary/aromatic N) is 3. The van der Waals surface area contributed by atoms with Crippen LogP contribution in [0.5, 0.6) is 0 Å². The fourth-order valence-corrected chi connectivity index (χ4v) is 2.53. The number of rotatable bonds is 7. The van der Waals surface area contributed by atoms with E-state index in [2.05, 4.69) is 22.3 Å². The fourth-order valence-electron chi connectivity index (χ4n) is 2.35. The lowest BCUT2D eigenvalue weighted by Crippen LogP contribution is -2.25. The summed E-state index contributed by atoms with van der Waals surface area (Å²) in [6.07, 6.45) is 3.10. The summed E-state index contributed by atoms with van der Waals surface area (Å²) in [5.41, 5.74) is 0.565. The highest BCUT2D eigenvalue weighted by molar-refractivity contribution is 6.30. The van der Waals surface area contributed by atoms with Gasteiger partial charge in [-0.05, 0) is 31.2 Å². The predicted molar refractivity (Wildman–Crippen MR) is 81.8 cm³/mol. The number of halogens is 2. The third-order valence-electron chi connectivity index (χ3n) is 3.30. The van der Waals surface area contributed by atoms with Gasteiger partial charge in [0.25, 0.3) is 0 Å². The Hall–Kier alpha value is -1.46. The maximum atomic E-state index is 14.1. The van der Waals surface area contributed by atoms with E-state index in [0.717, 1.165) is 25.3 Å². The molecule has 1 aromatic carbocycles. The van der Waals surface area contributed by atoms with Crippen molar-refractivity contribution in [1.82, 2.24) is 20.1 Å². The molecule has 21 heavy (non-hydrogen) atoms. The second-order valence-corrected chi connectivity index (χ2v) is 5.32. The van der Waals surface area contributed by atoms with Gasteiger partial charge in [-0.3, -0.25) is 4.68 Å². The highest BCUT2D eigenvalue weighted by Gasteiger charge is 2.18. The summed E-state index contributed by atoms with van der Waals surface area (Å²) in [6, 6.07) is 4.46. The predicted octanol–water partition coefficient (Wildman–Crippen LogP) is 3.37. The molecule has 0 fully saturated rings. The van der Waals surface area contributed by atoms with Crippen LogP contribution < -0.4 is 5.32 Å². The van der Waals surface area contributed by atoms with Crippen LogP contribution in [0.25, 0.3) is 0 Å². The van der Waals surface area contributed by atoms with E-state index >= 15 is 0 Å². The van der Waals surface area contributed by atoms with Crippen LogP contribution in [-0.2, 0) is 13.0 Å². The lowest BCUT2D eigenvalue weighted by Gasteiger charge is -2.19. The Bertz CT molecular complexity index is 585. The molecule has 1 heterocycles. The van der Waals surface area contributed by atoms with Crippen molar-refractivity contribution in [2.75, 3.05) is 6.54 Å². The van der Waals surface area contributed by atoms with Crippen LogP contribution >= 0.6 is 11.6 Å². The largest absolute Gasteiger partial charge is 0.310 e. The van der Waals surface area contributed by atoms with Gasteiger partial charge in [-0.25, -0.2) is 9.37 Å². The first-order valence-corrected chi connectivity index (χ1v) is 7.58. The number of likely N-dealkylation sites (N-methyl/N-ethyl adjacent to an activating group) is 1. The lowest BCUT2D eigenvalue weighted by atomic mass is 10.0. The molecule has 4 nitrogen and oxygen atoms in total. The maximum absolute atomic E-state index is 14.1. The third-order valence-corrected chi connectivity index (χ3v) is 3.54. The minimum atomic E-state index is -0.257. The molecule has 1 unspecified atom stereocenters. The van der Waals surface area contributed by atoms with Gasteiger partial charge in [-0.2, -0.15) is 5.10 Å². The Balaban J connectivity index is 2.26. The number of hydrogen-bond donors (Lipinski definition) is 1. The maximum Gasteiger partial charge on any atom is 0.138 e. The molecule has 6 heteroatoms. The summed E-state index contributed by atoms with van der Waals surface area (Å²) in [7, 11) is 0. The van der Waals surface area contributed by atoms with E-state index in [9.17, 15) is 4.39 Å². The van der Waals surface area contributed by atoms with Crippen LogP contribution in [0.1, 0.15) is 37.7 Å². The number of nitrogens with one attached hydrogen (secondary N) is 1. The van der Waals surface area contributed by atoms with Gasteiger partial charge < -0.3 is 5.32 Å². The van der Waals surface area contributed by atoms with Crippen LogP contribution in [0.4, 0.5) is 4.39 Å². The molecule has 0 bridgehead atoms. The Labute approximate surface area is 129 Å². The van der Waals surface area contributed by atoms with Crippen LogP contribution in [0.15, 0.2) is 24.5 Å². The van der Waals surface area contributed by atoms with E-state index in [1.54, 1.807) is 18.5 Å². The van der Waals surface area contributed by atoms with Crippen LogP contribution in [0, 0.1) is 5.82 Å². The van der Waals surface area contributed by atoms with Crippen molar-refractivity contribution in [2.45, 2.75) is 39.3 Å². The zero-order chi connectivity index (χ0) is 15.2. The van der Waals surface area contributed by atoms with Crippen LogP contribution in [0.3, 0.4) is 0 Å². The summed E-state index contributed by atoms with van der Waals surface area (Å²) < 4.78 is 15.9. The summed E-state index contributed by atoms with van der Waals surface area (Å²) in [5.74, 6) is 0.592. The third kappa shape index (κ3) is 4.02. The number of hydrogen-bond acceptors (Lipinski definition) is 3. The SMILES string of the molecule is CCCn1ncnc1CC(NCC)c1cc(Cl)ccc1F. The van der Waals surface area contributed by atoms with Crippen molar-refractivity contribution in [3.8, 4) is 0 Å². The first kappa shape index (κ1) is 15.9. The van der Waals surface area contributed by atoms with Gasteiger partial charge in [0.05, 0.1) is 0 Å². The van der Waals surface area contributed by atoms with Crippen LogP contribution in [-0.4, -0.2) is 21.3 Å². The van der Waals surface area contributed by atoms with E-state index in [1.165, 1.54) is 6.07 Å². The molecule has 0 aliphatic carbocycles. The zero-order valence-corrected chi connectivity index (χ0v) is 13.1. The second-order valence-electron chi connectivity index (χ2n) is 4.88. The van der Waals surface area contributed by atoms with Gasteiger partial charge in [-0.1, -0.05) is 25.4 Å². The fraction of sp³-hybridized carbons (Fsp3) is 0.467. The number of benzene rings is 1. The minimum Gasteiger partial charge on any atom is -0.310 e. The van der Waals surface area contributed by atoms with Gasteiger partial charge in [0.15, 0.2) is 0 Å². The molecule has 0 aliphatic heterocycles. The van der Waals surface area contributed by atoms with E-state index < -0.39 is 0 Å². The first-order valence-electron chi connectivity index (χ1n) is 7.20. The number of aryl methyl sites for hydroxylation is 1. The average molecular weight is 311 g/mol. The van der Waals surface area contributed by atoms with Crippen molar-refractivity contribution >= 4 is 11.6 Å². The monoisotopic (exact) mass is 310 g/mol. The summed E-state index contributed by atoms with van der Waals surface area (Å²) >= 11 is 6.00. The summed E-state index contributed by atoms with van der Waals surface area (Å²) in [5, 5.41) is 8.04. The standard InChI is InChI=1S/C15H20ClFN4/c1-3-7-21-15(19-10-20-21)9-14(18-4-2)12-8-11(16)5-6-13(12)17/h5-6,8,10,14,18H,3-4,7,9H2,1-2H3. The number of aromatic nitrogens is 3. The first-order chi connectivity index (χ1) is 10.2. The van der Waals surface area contributed by atoms with Crippen molar-refractivity contribution in [3.05, 3.63) is 46.8 Å². The van der Waals surface area contributed by atoms with Gasteiger partial charge in [0.1, 0.15) is 18.0 Å². The molecule has 1 atom stereocenters. The second kappa shape index (κ2) is 7.52. The Morgan fingerprint density at radius 3 is 2.90 bits per heavy atom. The van der Waals surface area contributed by atoms with Crippen molar-refractivity contribution < 1.29 is 4.39 Å². The average Bonchev–Trinajstić information content (AvgIpc) is 2.89. The van der Waals surface area contributed by atoms with Crippen molar-refractivity contribution in [3.63, 3.8) is 0 Å². The molecule has 0 radical (unpaired) electrons. The molecule has 114 valence electrons. The minimum absolute atomic E-state index is 0.173. The molecule has 2 aromatic rings. The molecule has 1 aromatic heterocycles. The zero-order valence-electron chi connectivity index (χ0n) is 12.3. The van der Waals surface area contributed by atoms with Gasteiger partial charge in [0.2, 0.25) is 0 Å². The quantitative estimate of drug-likeness (QED) is 0.852. The molecule has 0 amide bonds. The Morgan fingerprint density at radius 1 is 1.38 bits per heavy atom. The van der Waals surface area contributed by atoms with E-state index in [0.29, 0.717) is 17.0 Å². The summed E-state index contributed by atoms with van der Waals surface area (Å²) in [4.78, 5) is 4.29. The smallest absolute Gasteiger partial charge is 0.138 e. The highest BCUT2D eigenvalue weighted by atomic mass is 35.5. The lowest BCUT2D eigenvalue weighted by molar-refractivity contribution is 0.478. The molecular weight excluding hydrogens is 291 g/mol. The molecule has 0 aliphatic rings. The highest BCUT2D eigenvalue weighted by Crippen LogP contribution is 2.24. The van der Waals surface area contributed by atoms with Crippen molar-refractivity contribution in [2.24, 2.45) is 0 Å². The topological polar surface area (TPSA) is 42.7 Å². The van der Waals surface area contributed by atoms with Crippen LogP contribution in [0.2, 0.25) is 5.02 Å². The van der Waals surface area contributed by atoms with E-state index in [4.69, 9.17) is 11.6 Å². The van der Waals surface area contributed by atoms with E-state index in [1.807, 2.05) is 11.6 Å². The van der Waals surface area contributed by atoms with Gasteiger partial charge >= 0.3 is 0 Å². The Morgan fingerprint density at radius 2 is 2.19 bits per heavy atom. The summed E-state index contributed by atoms with van der Waals surface area (Å²) in [6.45, 7) is 5.63. The molecular formula is C15H20ClFN4. The van der Waals surface area contributed by atoms with Gasteiger partial charge in [-0.15, -0.1) is 0 Å². The molecule has 0 spiro atoms. The Kier molecular flexibility index (Phi) is 5.70. The molecule has 0 saturated carbocycles. The normalized spacial score (nSPS) is 12.6. The molecule has 2 rings (SSSR count).